The maximum atomic E-state index is 12.8. The minimum absolute atomic E-state index is 0.0449. The molecule has 0 aliphatic heterocycles. The highest BCUT2D eigenvalue weighted by molar-refractivity contribution is 5.79. The fourth-order valence-electron chi connectivity index (χ4n) is 2.28. The normalized spacial score (nSPS) is 12.6. The van der Waals surface area contributed by atoms with E-state index in [1.54, 1.807) is 0 Å². The van der Waals surface area contributed by atoms with Gasteiger partial charge in [0.15, 0.2) is 12.6 Å². The van der Waals surface area contributed by atoms with E-state index in [1.165, 1.54) is 37.5 Å². The minimum atomic E-state index is -4.50. The number of aliphatic imine (C=N–C) groups is 1. The molecule has 2 N–H and O–H groups in total. The summed E-state index contributed by atoms with van der Waals surface area (Å²) in [7, 11) is 1.45. The first-order valence-electron chi connectivity index (χ1n) is 8.32. The van der Waals surface area contributed by atoms with Crippen LogP contribution in [0.15, 0.2) is 47.6 Å². The van der Waals surface area contributed by atoms with Crippen molar-refractivity contribution in [1.29, 1.82) is 0 Å². The third-order valence-electron chi connectivity index (χ3n) is 3.61. The Bertz CT molecular complexity index is 836. The summed E-state index contributed by atoms with van der Waals surface area (Å²) in [4.78, 5) is 7.72. The first kappa shape index (κ1) is 22.3. The number of alkyl halides is 6. The Morgan fingerprint density at radius 2 is 1.76 bits per heavy atom. The number of halogens is 6. The van der Waals surface area contributed by atoms with E-state index in [4.69, 9.17) is 4.74 Å². The summed E-state index contributed by atoms with van der Waals surface area (Å²) >= 11 is 0. The molecule has 0 saturated carbocycles. The van der Waals surface area contributed by atoms with Crippen LogP contribution < -0.4 is 15.4 Å². The molecule has 5 nitrogen and oxygen atoms in total. The van der Waals surface area contributed by atoms with Crippen LogP contribution in [0.1, 0.15) is 16.7 Å². The highest BCUT2D eigenvalue weighted by Gasteiger charge is 2.30. The Kier molecular flexibility index (Phi) is 7.29. The van der Waals surface area contributed by atoms with Gasteiger partial charge < -0.3 is 15.4 Å². The van der Waals surface area contributed by atoms with Crippen molar-refractivity contribution in [2.75, 3.05) is 13.7 Å². The highest BCUT2D eigenvalue weighted by Crippen LogP contribution is 2.29. The molecule has 0 atom stereocenters. The van der Waals surface area contributed by atoms with Crippen molar-refractivity contribution in [1.82, 2.24) is 15.6 Å². The van der Waals surface area contributed by atoms with Gasteiger partial charge in [0.2, 0.25) is 5.88 Å². The maximum Gasteiger partial charge on any atom is 0.422 e. The number of rotatable bonds is 6. The third kappa shape index (κ3) is 7.51. The molecule has 1 heterocycles. The number of nitrogens with one attached hydrogen (secondary N) is 2. The number of hydrogen-bond acceptors (Lipinski definition) is 3. The van der Waals surface area contributed by atoms with Gasteiger partial charge in [0.1, 0.15) is 0 Å². The van der Waals surface area contributed by atoms with Crippen molar-refractivity contribution < 1.29 is 31.1 Å². The lowest BCUT2D eigenvalue weighted by atomic mass is 10.1. The molecule has 11 heteroatoms. The zero-order valence-electron chi connectivity index (χ0n) is 15.2. The topological polar surface area (TPSA) is 58.5 Å². The molecule has 29 heavy (non-hydrogen) atoms. The van der Waals surface area contributed by atoms with Crippen molar-refractivity contribution in [3.8, 4) is 5.88 Å². The Morgan fingerprint density at radius 1 is 1.03 bits per heavy atom. The number of nitrogens with zero attached hydrogens (tertiary/aromatic N) is 2. The summed E-state index contributed by atoms with van der Waals surface area (Å²) < 4.78 is 80.0. The van der Waals surface area contributed by atoms with E-state index in [1.807, 2.05) is 0 Å². The summed E-state index contributed by atoms with van der Waals surface area (Å²) in [6.07, 6.45) is -7.64. The molecule has 0 amide bonds. The van der Waals surface area contributed by atoms with Crippen molar-refractivity contribution in [3.63, 3.8) is 0 Å². The van der Waals surface area contributed by atoms with E-state index in [0.29, 0.717) is 11.1 Å². The fourth-order valence-corrected chi connectivity index (χ4v) is 2.28. The van der Waals surface area contributed by atoms with Crippen LogP contribution >= 0.6 is 0 Å². The molecule has 0 fully saturated rings. The number of pyridine rings is 1. The monoisotopic (exact) mass is 420 g/mol. The van der Waals surface area contributed by atoms with Crippen LogP contribution in [-0.4, -0.2) is 30.8 Å². The summed E-state index contributed by atoms with van der Waals surface area (Å²) in [6.45, 7) is -1.36. The van der Waals surface area contributed by atoms with Gasteiger partial charge in [0, 0.05) is 31.9 Å². The molecular formula is C18H18F6N4O. The van der Waals surface area contributed by atoms with E-state index in [-0.39, 0.29) is 24.9 Å². The number of benzene rings is 1. The van der Waals surface area contributed by atoms with E-state index in [0.717, 1.165) is 12.1 Å². The first-order valence-corrected chi connectivity index (χ1v) is 8.32. The van der Waals surface area contributed by atoms with Crippen LogP contribution in [0.3, 0.4) is 0 Å². The molecule has 1 aromatic heterocycles. The van der Waals surface area contributed by atoms with Crippen molar-refractivity contribution in [3.05, 3.63) is 59.3 Å². The van der Waals surface area contributed by atoms with Gasteiger partial charge in [-0.25, -0.2) is 4.98 Å². The molecule has 1 aromatic carbocycles. The molecule has 0 radical (unpaired) electrons. The van der Waals surface area contributed by atoms with Gasteiger partial charge in [-0.1, -0.05) is 18.2 Å². The van der Waals surface area contributed by atoms with Crippen molar-refractivity contribution >= 4 is 5.96 Å². The smallest absolute Gasteiger partial charge is 0.422 e. The van der Waals surface area contributed by atoms with Crippen LogP contribution in [0, 0.1) is 0 Å². The minimum Gasteiger partial charge on any atom is -0.468 e. The van der Waals surface area contributed by atoms with E-state index in [2.05, 4.69) is 20.6 Å². The standard InChI is InChI=1S/C18H18F6N4O/c1-25-16(27-9-12-4-2-6-14(8-12)18(22,23)24)28-10-13-5-3-7-26-15(13)29-11-17(19,20)21/h2-8H,9-11H2,1H3,(H2,25,27,28). The third-order valence-corrected chi connectivity index (χ3v) is 3.61. The van der Waals surface area contributed by atoms with E-state index < -0.39 is 24.5 Å². The Morgan fingerprint density at radius 3 is 2.41 bits per heavy atom. The fraction of sp³-hybridized carbons (Fsp3) is 0.333. The van der Waals surface area contributed by atoms with Gasteiger partial charge in [0.05, 0.1) is 5.56 Å². The van der Waals surface area contributed by atoms with Crippen molar-refractivity contribution in [2.45, 2.75) is 25.4 Å². The first-order chi connectivity index (χ1) is 13.6. The van der Waals surface area contributed by atoms with Gasteiger partial charge in [0.25, 0.3) is 0 Å². The van der Waals surface area contributed by atoms with Crippen LogP contribution in [0.25, 0.3) is 0 Å². The Hall–Kier alpha value is -2.98. The molecule has 0 saturated heterocycles. The molecule has 0 spiro atoms. The van der Waals surface area contributed by atoms with E-state index >= 15 is 0 Å². The maximum absolute atomic E-state index is 12.8. The molecular weight excluding hydrogens is 402 g/mol. The average molecular weight is 420 g/mol. The lowest BCUT2D eigenvalue weighted by Gasteiger charge is -2.15. The van der Waals surface area contributed by atoms with Crippen LogP contribution in [0.2, 0.25) is 0 Å². The van der Waals surface area contributed by atoms with Gasteiger partial charge >= 0.3 is 12.4 Å². The molecule has 0 aliphatic carbocycles. The molecule has 0 unspecified atom stereocenters. The zero-order chi connectivity index (χ0) is 21.5. The zero-order valence-corrected chi connectivity index (χ0v) is 15.2. The van der Waals surface area contributed by atoms with Gasteiger partial charge in [-0.2, -0.15) is 26.3 Å². The predicted molar refractivity (Wildman–Crippen MR) is 94.3 cm³/mol. The molecule has 2 aromatic rings. The van der Waals surface area contributed by atoms with Crippen LogP contribution in [-0.2, 0) is 19.3 Å². The van der Waals surface area contributed by atoms with Crippen LogP contribution in [0.4, 0.5) is 26.3 Å². The summed E-state index contributed by atoms with van der Waals surface area (Å²) in [6, 6.07) is 7.89. The quantitative estimate of drug-likeness (QED) is 0.423. The SMILES string of the molecule is CN=C(NCc1cccc(C(F)(F)F)c1)NCc1cccnc1OCC(F)(F)F. The van der Waals surface area contributed by atoms with Gasteiger partial charge in [-0.3, -0.25) is 4.99 Å². The molecule has 0 aliphatic rings. The largest absolute Gasteiger partial charge is 0.468 e. The number of hydrogen-bond donors (Lipinski definition) is 2. The number of ether oxygens (including phenoxy) is 1. The van der Waals surface area contributed by atoms with Crippen molar-refractivity contribution in [2.24, 2.45) is 4.99 Å². The van der Waals surface area contributed by atoms with Gasteiger partial charge in [-0.15, -0.1) is 0 Å². The highest BCUT2D eigenvalue weighted by atomic mass is 19.4. The Labute approximate surface area is 162 Å². The van der Waals surface area contributed by atoms with E-state index in [9.17, 15) is 26.3 Å². The Balaban J connectivity index is 1.95. The average Bonchev–Trinajstić information content (AvgIpc) is 2.66. The van der Waals surface area contributed by atoms with Crippen LogP contribution in [0.5, 0.6) is 5.88 Å². The second kappa shape index (κ2) is 9.48. The summed E-state index contributed by atoms with van der Waals surface area (Å²) in [5.41, 5.74) is -0.0151. The lowest BCUT2D eigenvalue weighted by molar-refractivity contribution is -0.154. The molecule has 158 valence electrons. The molecule has 0 bridgehead atoms. The second-order valence-electron chi connectivity index (χ2n) is 5.85. The second-order valence-corrected chi connectivity index (χ2v) is 5.85. The lowest BCUT2D eigenvalue weighted by Crippen LogP contribution is -2.36. The predicted octanol–water partition coefficient (Wildman–Crippen LogP) is 3.91. The number of aromatic nitrogens is 1. The summed E-state index contributed by atoms with van der Waals surface area (Å²) in [5, 5.41) is 5.69. The summed E-state index contributed by atoms with van der Waals surface area (Å²) in [5.74, 6) is 0.0682. The number of guanidine groups is 1. The van der Waals surface area contributed by atoms with Gasteiger partial charge in [-0.05, 0) is 23.8 Å². The molecule has 2 rings (SSSR count).